The van der Waals surface area contributed by atoms with Crippen molar-refractivity contribution in [2.24, 2.45) is 0 Å². The average molecular weight is 526 g/mol. The maximum Gasteiger partial charge on any atom is 0.297 e. The van der Waals surface area contributed by atoms with Gasteiger partial charge in [-0.3, -0.25) is 4.79 Å². The average Bonchev–Trinajstić information content (AvgIpc) is 2.96. The third-order valence-electron chi connectivity index (χ3n) is 6.58. The Morgan fingerprint density at radius 1 is 0.769 bits per heavy atom. The maximum atomic E-state index is 14.0. The molecule has 0 bridgehead atoms. The van der Waals surface area contributed by atoms with Crippen LogP contribution in [0.4, 0.5) is 0 Å². The Labute approximate surface area is 231 Å². The third kappa shape index (κ3) is 7.76. The monoisotopic (exact) mass is 525 g/mol. The van der Waals surface area contributed by atoms with Gasteiger partial charge in [-0.2, -0.15) is 0 Å². The van der Waals surface area contributed by atoms with Gasteiger partial charge in [0.2, 0.25) is 5.75 Å². The van der Waals surface area contributed by atoms with Crippen LogP contribution in [0.2, 0.25) is 0 Å². The van der Waals surface area contributed by atoms with E-state index in [9.17, 15) is 4.79 Å². The van der Waals surface area contributed by atoms with Gasteiger partial charge in [-0.15, -0.1) is 0 Å². The molecule has 3 aromatic carbocycles. The van der Waals surface area contributed by atoms with Gasteiger partial charge in [-0.05, 0) is 49.6 Å². The van der Waals surface area contributed by atoms with E-state index in [1.54, 1.807) is 0 Å². The van der Waals surface area contributed by atoms with Gasteiger partial charge < -0.3 is 18.8 Å². The lowest BCUT2D eigenvalue weighted by molar-refractivity contribution is 0.270. The Kier molecular flexibility index (Phi) is 10.2. The number of allylic oxidation sites excluding steroid dienone is 1. The summed E-state index contributed by atoms with van der Waals surface area (Å²) in [7, 11) is 0. The molecule has 0 saturated heterocycles. The van der Waals surface area contributed by atoms with Gasteiger partial charge >= 0.3 is 0 Å². The highest BCUT2D eigenvalue weighted by Gasteiger charge is 2.20. The molecule has 204 valence electrons. The smallest absolute Gasteiger partial charge is 0.297 e. The minimum atomic E-state index is -0.178. The van der Waals surface area contributed by atoms with Gasteiger partial charge in [0.05, 0.1) is 5.52 Å². The van der Waals surface area contributed by atoms with Gasteiger partial charge in [0.15, 0.2) is 5.75 Å². The van der Waals surface area contributed by atoms with E-state index in [1.807, 2.05) is 103 Å². The second-order valence-corrected chi connectivity index (χ2v) is 10.00. The van der Waals surface area contributed by atoms with E-state index in [4.69, 9.17) is 14.2 Å². The van der Waals surface area contributed by atoms with Crippen molar-refractivity contribution in [1.82, 2.24) is 4.57 Å². The largest absolute Gasteiger partial charge is 0.489 e. The van der Waals surface area contributed by atoms with Crippen LogP contribution in [-0.4, -0.2) is 11.2 Å². The van der Waals surface area contributed by atoms with Crippen LogP contribution in [0.25, 0.3) is 10.9 Å². The molecule has 0 aliphatic carbocycles. The molecule has 0 atom stereocenters. The van der Waals surface area contributed by atoms with Crippen LogP contribution in [0, 0.1) is 0 Å². The number of nitrogens with zero attached hydrogens (tertiary/aromatic N) is 1. The zero-order valence-corrected chi connectivity index (χ0v) is 23.3. The molecule has 0 N–H and O–H groups in total. The highest BCUT2D eigenvalue weighted by molar-refractivity contribution is 5.89. The fourth-order valence-electron chi connectivity index (χ4n) is 4.42. The number of hydrogen-bond donors (Lipinski definition) is 0. The Morgan fingerprint density at radius 2 is 1.44 bits per heavy atom. The zero-order valence-electron chi connectivity index (χ0n) is 23.3. The van der Waals surface area contributed by atoms with E-state index in [2.05, 4.69) is 6.92 Å². The number of aryl methyl sites for hydroxylation is 1. The Bertz CT molecular complexity index is 1420. The van der Waals surface area contributed by atoms with Crippen LogP contribution < -0.4 is 19.8 Å². The van der Waals surface area contributed by atoms with E-state index in [0.717, 1.165) is 53.3 Å². The standard InChI is InChI=1S/C34H39NO4/c1-4-5-6-13-21-35-31-23-29(38-24-27-14-9-7-10-15-27)18-19-30(31)32(37-22-20-26(2)3)33(34(35)36)39-25-28-16-11-8-12-17-28/h7-12,14-20,23H,4-6,13,21-22,24-25H2,1-3H3. The number of hydrogen-bond acceptors (Lipinski definition) is 4. The fourth-order valence-corrected chi connectivity index (χ4v) is 4.42. The number of aromatic nitrogens is 1. The van der Waals surface area contributed by atoms with Crippen molar-refractivity contribution in [1.29, 1.82) is 0 Å². The van der Waals surface area contributed by atoms with Gasteiger partial charge in [0, 0.05) is 18.0 Å². The summed E-state index contributed by atoms with van der Waals surface area (Å²) >= 11 is 0. The van der Waals surface area contributed by atoms with Crippen LogP contribution >= 0.6 is 0 Å². The topological polar surface area (TPSA) is 49.7 Å². The van der Waals surface area contributed by atoms with Crippen molar-refractivity contribution < 1.29 is 14.2 Å². The summed E-state index contributed by atoms with van der Waals surface area (Å²) in [6.45, 7) is 7.94. The van der Waals surface area contributed by atoms with E-state index in [0.29, 0.717) is 31.3 Å². The first-order valence-electron chi connectivity index (χ1n) is 13.9. The van der Waals surface area contributed by atoms with E-state index >= 15 is 0 Å². The molecule has 1 heterocycles. The van der Waals surface area contributed by atoms with E-state index in [1.165, 1.54) is 0 Å². The summed E-state index contributed by atoms with van der Waals surface area (Å²) in [5.41, 5.74) is 3.84. The molecule has 0 aliphatic rings. The molecule has 0 aliphatic heterocycles. The molecule has 5 nitrogen and oxygen atoms in total. The quantitative estimate of drug-likeness (QED) is 0.123. The Morgan fingerprint density at radius 3 is 2.08 bits per heavy atom. The van der Waals surface area contributed by atoms with Crippen molar-refractivity contribution in [3.8, 4) is 17.2 Å². The van der Waals surface area contributed by atoms with Crippen LogP contribution in [0.5, 0.6) is 17.2 Å². The third-order valence-corrected chi connectivity index (χ3v) is 6.58. The van der Waals surface area contributed by atoms with Crippen molar-refractivity contribution >= 4 is 10.9 Å². The van der Waals surface area contributed by atoms with Crippen LogP contribution in [0.1, 0.15) is 57.6 Å². The number of benzene rings is 3. The molecule has 0 spiro atoms. The molecular formula is C34H39NO4. The van der Waals surface area contributed by atoms with E-state index in [-0.39, 0.29) is 17.9 Å². The minimum absolute atomic E-state index is 0.178. The number of fused-ring (bicyclic) bond motifs is 1. The number of ether oxygens (including phenoxy) is 3. The predicted molar refractivity (Wildman–Crippen MR) is 159 cm³/mol. The molecule has 0 fully saturated rings. The molecule has 0 amide bonds. The number of rotatable bonds is 14. The van der Waals surface area contributed by atoms with Crippen molar-refractivity contribution in [2.75, 3.05) is 6.61 Å². The fraction of sp³-hybridized carbons (Fsp3) is 0.324. The minimum Gasteiger partial charge on any atom is -0.489 e. The summed E-state index contributed by atoms with van der Waals surface area (Å²) in [5, 5.41) is 0.836. The Balaban J connectivity index is 1.76. The van der Waals surface area contributed by atoms with Gasteiger partial charge in [0.25, 0.3) is 5.56 Å². The summed E-state index contributed by atoms with van der Waals surface area (Å²) in [5.74, 6) is 1.44. The molecule has 39 heavy (non-hydrogen) atoms. The summed E-state index contributed by atoms with van der Waals surface area (Å²) in [6, 6.07) is 25.8. The maximum absolute atomic E-state index is 14.0. The van der Waals surface area contributed by atoms with Gasteiger partial charge in [-0.25, -0.2) is 0 Å². The molecule has 0 unspecified atom stereocenters. The molecule has 5 heteroatoms. The highest BCUT2D eigenvalue weighted by Crippen LogP contribution is 2.35. The normalized spacial score (nSPS) is 10.8. The van der Waals surface area contributed by atoms with E-state index < -0.39 is 0 Å². The van der Waals surface area contributed by atoms with Crippen LogP contribution in [0.3, 0.4) is 0 Å². The van der Waals surface area contributed by atoms with Crippen molar-refractivity contribution in [2.45, 2.75) is 66.2 Å². The lowest BCUT2D eigenvalue weighted by Crippen LogP contribution is -2.24. The predicted octanol–water partition coefficient (Wildman–Crippen LogP) is 8.08. The second-order valence-electron chi connectivity index (χ2n) is 10.00. The zero-order chi connectivity index (χ0) is 27.5. The molecule has 4 aromatic rings. The summed E-state index contributed by atoms with van der Waals surface area (Å²) in [6.07, 6.45) is 6.25. The molecule has 4 rings (SSSR count). The first-order chi connectivity index (χ1) is 19.1. The molecule has 0 saturated carbocycles. The second kappa shape index (κ2) is 14.2. The van der Waals surface area contributed by atoms with Crippen molar-refractivity contribution in [3.05, 3.63) is 112 Å². The lowest BCUT2D eigenvalue weighted by Gasteiger charge is -2.19. The summed E-state index contributed by atoms with van der Waals surface area (Å²) in [4.78, 5) is 14.0. The van der Waals surface area contributed by atoms with Crippen LogP contribution in [-0.2, 0) is 19.8 Å². The highest BCUT2D eigenvalue weighted by atomic mass is 16.5. The van der Waals surface area contributed by atoms with Crippen molar-refractivity contribution in [3.63, 3.8) is 0 Å². The SMILES string of the molecule is CCCCCCn1c(=O)c(OCc2ccccc2)c(OCC=C(C)C)c2ccc(OCc3ccccc3)cc21. The number of unbranched alkanes of at least 4 members (excludes halogenated alkanes) is 3. The summed E-state index contributed by atoms with van der Waals surface area (Å²) < 4.78 is 20.4. The molecule has 1 aromatic heterocycles. The molecule has 0 radical (unpaired) electrons. The lowest BCUT2D eigenvalue weighted by atomic mass is 10.1. The molecular weight excluding hydrogens is 486 g/mol. The first kappa shape index (κ1) is 28.0. The van der Waals surface area contributed by atoms with Gasteiger partial charge in [-0.1, -0.05) is 92.4 Å². The first-order valence-corrected chi connectivity index (χ1v) is 13.9. The van der Waals surface area contributed by atoms with Gasteiger partial charge in [0.1, 0.15) is 25.6 Å². The number of pyridine rings is 1. The Hall–Kier alpha value is -3.99. The van der Waals surface area contributed by atoms with Crippen LogP contribution in [0.15, 0.2) is 95.3 Å².